The maximum absolute atomic E-state index is 14.7. The number of nitrogens with zero attached hydrogens (tertiary/aromatic N) is 1. The third-order valence-corrected chi connectivity index (χ3v) is 9.61. The van der Waals surface area contributed by atoms with Crippen LogP contribution in [-0.4, -0.2) is 38.0 Å². The number of halogens is 5. The summed E-state index contributed by atoms with van der Waals surface area (Å²) in [6.07, 6.45) is -4.85. The van der Waals surface area contributed by atoms with Gasteiger partial charge in [0.1, 0.15) is 17.4 Å². The number of sulfonamides is 1. The van der Waals surface area contributed by atoms with Crippen LogP contribution in [0.25, 0.3) is 11.1 Å². The van der Waals surface area contributed by atoms with E-state index in [0.29, 0.717) is 21.5 Å². The van der Waals surface area contributed by atoms with Crippen LogP contribution in [0.2, 0.25) is 0 Å². The number of benzene rings is 3. The fourth-order valence-corrected chi connectivity index (χ4v) is 6.77. The van der Waals surface area contributed by atoms with Gasteiger partial charge in [-0.2, -0.15) is 17.5 Å². The van der Waals surface area contributed by atoms with Gasteiger partial charge < -0.3 is 9.52 Å². The molecule has 228 valence electrons. The Hall–Kier alpha value is -4.08. The Morgan fingerprint density at radius 1 is 0.860 bits per heavy atom. The number of hydrogen-bond acceptors (Lipinski definition) is 6. The van der Waals surface area contributed by atoms with E-state index < -0.39 is 78.9 Å². The number of carboxylic acids is 1. The molecule has 0 saturated heterocycles. The first kappa shape index (κ1) is 31.8. The van der Waals surface area contributed by atoms with Crippen molar-refractivity contribution < 1.29 is 53.1 Å². The topological polar surface area (TPSA) is 122 Å². The maximum Gasteiger partial charge on any atom is 0.449 e. The number of rotatable bonds is 10. The predicted molar refractivity (Wildman–Crippen MR) is 143 cm³/mol. The number of hydrogen-bond donors (Lipinski definition) is 1. The van der Waals surface area contributed by atoms with E-state index in [-0.39, 0.29) is 16.0 Å². The molecule has 0 unspecified atom stereocenters. The summed E-state index contributed by atoms with van der Waals surface area (Å²) in [6, 6.07) is 14.4. The smallest absolute Gasteiger partial charge is 0.449 e. The summed E-state index contributed by atoms with van der Waals surface area (Å²) in [4.78, 5) is 9.41. The number of alkyl halides is 3. The number of carboxylic acid groups (broad SMARTS) is 1. The minimum Gasteiger partial charge on any atom is -0.480 e. The second-order valence-corrected chi connectivity index (χ2v) is 13.3. The molecule has 1 heterocycles. The Labute approximate surface area is 243 Å². The predicted octanol–water partition coefficient (Wildman–Crippen LogP) is 5.80. The number of furan rings is 1. The molecule has 4 rings (SSSR count). The van der Waals surface area contributed by atoms with E-state index >= 15 is 0 Å². The van der Waals surface area contributed by atoms with Crippen LogP contribution in [0.15, 0.2) is 87.0 Å². The zero-order valence-electron chi connectivity index (χ0n) is 22.1. The molecule has 0 radical (unpaired) electrons. The highest BCUT2D eigenvalue weighted by molar-refractivity contribution is 7.92. The van der Waals surface area contributed by atoms with E-state index in [2.05, 4.69) is 0 Å². The molecule has 1 N–H and O–H groups in total. The molecule has 0 bridgehead atoms. The standard InChI is InChI=1S/C28H22F5NO7S2/c1-17-11-23(29)27(24(30)12-17)43(39,40)34(15-21-9-10-25(41-21)28(31,32)33)14-18-5-7-19(8-6-18)20-3-2-4-22(13-20)42(37,38)16-26(35)36/h2-13H,14-16H2,1H3,(H,35,36). The largest absolute Gasteiger partial charge is 0.480 e. The number of sulfone groups is 1. The SMILES string of the molecule is Cc1cc(F)c(S(=O)(=O)N(Cc2ccc(-c3cccc(S(=O)(=O)CC(=O)O)c3)cc2)Cc2ccc(C(F)(F)F)o2)c(F)c1. The lowest BCUT2D eigenvalue weighted by molar-refractivity contribution is -0.153. The molecular weight excluding hydrogens is 621 g/mol. The summed E-state index contributed by atoms with van der Waals surface area (Å²) in [5.74, 6) is -7.22. The van der Waals surface area contributed by atoms with Crippen molar-refractivity contribution in [3.05, 3.63) is 107 Å². The molecule has 43 heavy (non-hydrogen) atoms. The van der Waals surface area contributed by atoms with Crippen molar-refractivity contribution in [2.45, 2.75) is 36.0 Å². The minimum atomic E-state index is -4.97. The lowest BCUT2D eigenvalue weighted by Crippen LogP contribution is -2.31. The Kier molecular flexibility index (Phi) is 8.81. The minimum absolute atomic E-state index is 0.108. The monoisotopic (exact) mass is 643 g/mol. The molecule has 1 aromatic heterocycles. The van der Waals surface area contributed by atoms with Gasteiger partial charge in [0.05, 0.1) is 11.4 Å². The quantitative estimate of drug-likeness (QED) is 0.217. The molecule has 0 atom stereocenters. The maximum atomic E-state index is 14.7. The van der Waals surface area contributed by atoms with Gasteiger partial charge in [0.2, 0.25) is 15.8 Å². The van der Waals surface area contributed by atoms with E-state index in [0.717, 1.165) is 18.2 Å². The van der Waals surface area contributed by atoms with Crippen LogP contribution in [0, 0.1) is 18.6 Å². The molecule has 0 aliphatic rings. The molecule has 4 aromatic rings. The zero-order valence-corrected chi connectivity index (χ0v) is 23.7. The summed E-state index contributed by atoms with van der Waals surface area (Å²) in [5.41, 5.74) is 1.22. The summed E-state index contributed by atoms with van der Waals surface area (Å²) >= 11 is 0. The first-order valence-electron chi connectivity index (χ1n) is 12.2. The highest BCUT2D eigenvalue weighted by Crippen LogP contribution is 2.33. The Morgan fingerprint density at radius 2 is 1.49 bits per heavy atom. The molecule has 0 aliphatic heterocycles. The first-order valence-corrected chi connectivity index (χ1v) is 15.3. The van der Waals surface area contributed by atoms with Crippen LogP contribution >= 0.6 is 0 Å². The molecule has 0 saturated carbocycles. The Balaban J connectivity index is 1.69. The third kappa shape index (κ3) is 7.29. The summed E-state index contributed by atoms with van der Waals surface area (Å²) in [7, 11) is -9.09. The van der Waals surface area contributed by atoms with Gasteiger partial charge >= 0.3 is 12.1 Å². The fraction of sp³-hybridized carbons (Fsp3) is 0.179. The van der Waals surface area contributed by atoms with Gasteiger partial charge in [-0.25, -0.2) is 25.6 Å². The van der Waals surface area contributed by atoms with Gasteiger partial charge in [0.15, 0.2) is 20.5 Å². The molecular formula is C28H22F5NO7S2. The lowest BCUT2D eigenvalue weighted by atomic mass is 10.0. The lowest BCUT2D eigenvalue weighted by Gasteiger charge is -2.22. The first-order chi connectivity index (χ1) is 20.0. The van der Waals surface area contributed by atoms with Crippen LogP contribution in [0.1, 0.15) is 22.6 Å². The molecule has 0 spiro atoms. The highest BCUT2D eigenvalue weighted by atomic mass is 32.2. The van der Waals surface area contributed by atoms with Crippen LogP contribution in [0.5, 0.6) is 0 Å². The van der Waals surface area contributed by atoms with Gasteiger partial charge in [-0.3, -0.25) is 4.79 Å². The Bertz CT molecular complexity index is 1860. The van der Waals surface area contributed by atoms with E-state index in [9.17, 15) is 43.6 Å². The van der Waals surface area contributed by atoms with Crippen molar-refractivity contribution in [1.29, 1.82) is 0 Å². The van der Waals surface area contributed by atoms with E-state index in [1.165, 1.54) is 49.4 Å². The molecule has 8 nitrogen and oxygen atoms in total. The molecule has 0 fully saturated rings. The van der Waals surface area contributed by atoms with Gasteiger partial charge in [-0.1, -0.05) is 36.4 Å². The summed E-state index contributed by atoms with van der Waals surface area (Å²) < 4.78 is 126. The van der Waals surface area contributed by atoms with Crippen molar-refractivity contribution in [2.24, 2.45) is 0 Å². The second kappa shape index (κ2) is 11.9. The van der Waals surface area contributed by atoms with Crippen LogP contribution in [0.3, 0.4) is 0 Å². The molecule has 0 aliphatic carbocycles. The highest BCUT2D eigenvalue weighted by Gasteiger charge is 2.36. The van der Waals surface area contributed by atoms with Crippen molar-refractivity contribution in [1.82, 2.24) is 4.31 Å². The average molecular weight is 644 g/mol. The van der Waals surface area contributed by atoms with Gasteiger partial charge in [-0.05, 0) is 65.6 Å². The van der Waals surface area contributed by atoms with Crippen LogP contribution in [-0.2, 0) is 43.9 Å². The van der Waals surface area contributed by atoms with Crippen LogP contribution < -0.4 is 0 Å². The number of aryl methyl sites for hydroxylation is 1. The normalized spacial score (nSPS) is 12.5. The van der Waals surface area contributed by atoms with Crippen LogP contribution in [0.4, 0.5) is 22.0 Å². The van der Waals surface area contributed by atoms with Crippen molar-refractivity contribution >= 4 is 25.8 Å². The molecule has 0 amide bonds. The summed E-state index contributed by atoms with van der Waals surface area (Å²) in [5, 5.41) is 8.88. The Morgan fingerprint density at radius 3 is 2.05 bits per heavy atom. The number of carbonyl (C=O) groups is 1. The van der Waals surface area contributed by atoms with Crippen molar-refractivity contribution in [3.63, 3.8) is 0 Å². The zero-order chi connectivity index (χ0) is 31.7. The van der Waals surface area contributed by atoms with Gasteiger partial charge in [0, 0.05) is 6.54 Å². The molecule has 15 heteroatoms. The number of aliphatic carboxylic acids is 1. The fourth-order valence-electron chi connectivity index (χ4n) is 4.20. The van der Waals surface area contributed by atoms with Crippen molar-refractivity contribution in [3.8, 4) is 11.1 Å². The average Bonchev–Trinajstić information content (AvgIpc) is 3.37. The van der Waals surface area contributed by atoms with E-state index in [4.69, 9.17) is 9.52 Å². The molecule has 3 aromatic carbocycles. The van der Waals surface area contributed by atoms with Gasteiger partial charge in [0.25, 0.3) is 0 Å². The van der Waals surface area contributed by atoms with Crippen molar-refractivity contribution in [2.75, 3.05) is 5.75 Å². The van der Waals surface area contributed by atoms with Gasteiger partial charge in [-0.15, -0.1) is 0 Å². The second-order valence-electron chi connectivity index (χ2n) is 9.47. The third-order valence-electron chi connectivity index (χ3n) is 6.17. The van der Waals surface area contributed by atoms with E-state index in [1.54, 1.807) is 6.07 Å². The summed E-state index contributed by atoms with van der Waals surface area (Å²) in [6.45, 7) is 0.0154. The van der Waals surface area contributed by atoms with E-state index in [1.807, 2.05) is 0 Å².